The molecule has 1 saturated heterocycles. The number of benzene rings is 1. The van der Waals surface area contributed by atoms with Crippen molar-refractivity contribution in [1.82, 2.24) is 19.5 Å². The number of carbonyl (C=O) groups excluding carboxylic acids is 1. The highest BCUT2D eigenvalue weighted by atomic mass is 16.7. The van der Waals surface area contributed by atoms with Crippen molar-refractivity contribution in [1.29, 1.82) is 0 Å². The van der Waals surface area contributed by atoms with Crippen LogP contribution in [0.1, 0.15) is 6.23 Å². The van der Waals surface area contributed by atoms with Gasteiger partial charge in [-0.3, -0.25) is 14.3 Å². The number of nitrogens with one attached hydrogen (secondary N) is 1. The fourth-order valence-corrected chi connectivity index (χ4v) is 2.99. The van der Waals surface area contributed by atoms with Crippen LogP contribution < -0.4 is 16.0 Å². The molecule has 1 fully saturated rings. The lowest BCUT2D eigenvalue weighted by Gasteiger charge is -2.16. The number of ether oxygens (including phenoxy) is 3. The summed E-state index contributed by atoms with van der Waals surface area (Å²) >= 11 is 0. The summed E-state index contributed by atoms with van der Waals surface area (Å²) in [5.41, 5.74) is 5.07. The third-order valence-electron chi connectivity index (χ3n) is 4.37. The first-order valence-electron chi connectivity index (χ1n) is 8.57. The SMILES string of the molecule is Nc1nc2c(ncn2C2OC(COC(=O)Oc3ccccc3)C(O)C2O)c(=O)[nH]1. The Hall–Kier alpha value is -3.48. The van der Waals surface area contributed by atoms with E-state index in [0.717, 1.165) is 0 Å². The van der Waals surface area contributed by atoms with Crippen molar-refractivity contribution in [2.75, 3.05) is 12.3 Å². The molecule has 0 spiro atoms. The third kappa shape index (κ3) is 3.63. The second-order valence-corrected chi connectivity index (χ2v) is 6.30. The molecule has 4 unspecified atom stereocenters. The summed E-state index contributed by atoms with van der Waals surface area (Å²) in [6.07, 6.45) is -4.69. The third-order valence-corrected chi connectivity index (χ3v) is 4.37. The Bertz CT molecular complexity index is 1080. The Kier molecular flexibility index (Phi) is 4.88. The van der Waals surface area contributed by atoms with Gasteiger partial charge in [-0.2, -0.15) is 4.98 Å². The molecule has 0 amide bonds. The average Bonchev–Trinajstić information content (AvgIpc) is 3.23. The molecule has 0 bridgehead atoms. The number of aliphatic hydroxyl groups is 2. The lowest BCUT2D eigenvalue weighted by molar-refractivity contribution is -0.0570. The number of nitrogens with zero attached hydrogens (tertiary/aromatic N) is 3. The number of nitrogens with two attached hydrogens (primary N) is 1. The van der Waals surface area contributed by atoms with Crippen molar-refractivity contribution in [3.05, 3.63) is 47.0 Å². The molecule has 12 heteroatoms. The maximum atomic E-state index is 11.9. The van der Waals surface area contributed by atoms with Crippen LogP contribution in [-0.4, -0.2) is 60.8 Å². The first-order valence-corrected chi connectivity index (χ1v) is 8.57. The van der Waals surface area contributed by atoms with E-state index in [-0.39, 0.29) is 23.7 Å². The summed E-state index contributed by atoms with van der Waals surface area (Å²) in [6.45, 7) is -0.372. The molecule has 152 valence electrons. The maximum absolute atomic E-state index is 11.9. The molecule has 12 nitrogen and oxygen atoms in total. The number of aromatic nitrogens is 4. The van der Waals surface area contributed by atoms with Crippen LogP contribution in [0.3, 0.4) is 0 Å². The van der Waals surface area contributed by atoms with E-state index in [1.54, 1.807) is 30.3 Å². The largest absolute Gasteiger partial charge is 0.513 e. The van der Waals surface area contributed by atoms with Crippen molar-refractivity contribution in [3.8, 4) is 5.75 Å². The molecule has 4 rings (SSSR count). The van der Waals surface area contributed by atoms with E-state index in [9.17, 15) is 19.8 Å². The molecule has 3 aromatic rings. The monoisotopic (exact) mass is 403 g/mol. The van der Waals surface area contributed by atoms with Crippen LogP contribution in [0.2, 0.25) is 0 Å². The Balaban J connectivity index is 1.46. The summed E-state index contributed by atoms with van der Waals surface area (Å²) in [6, 6.07) is 8.29. The molecule has 3 heterocycles. The number of hydrogen-bond donors (Lipinski definition) is 4. The minimum atomic E-state index is -1.39. The number of aromatic amines is 1. The lowest BCUT2D eigenvalue weighted by atomic mass is 10.1. The smallest absolute Gasteiger partial charge is 0.431 e. The summed E-state index contributed by atoms with van der Waals surface area (Å²) in [5, 5.41) is 20.6. The number of nitrogen functional groups attached to an aromatic ring is 1. The number of anilines is 1. The molecule has 0 radical (unpaired) electrons. The van der Waals surface area contributed by atoms with Crippen molar-refractivity contribution in [2.45, 2.75) is 24.5 Å². The number of H-pyrrole nitrogens is 1. The average molecular weight is 403 g/mol. The molecule has 1 aliphatic rings. The van der Waals surface area contributed by atoms with Crippen LogP contribution in [0.4, 0.5) is 10.7 Å². The molecule has 0 saturated carbocycles. The molecule has 5 N–H and O–H groups in total. The van der Waals surface area contributed by atoms with Gasteiger partial charge in [-0.25, -0.2) is 9.78 Å². The molecule has 29 heavy (non-hydrogen) atoms. The molecule has 2 aromatic heterocycles. The van der Waals surface area contributed by atoms with Gasteiger partial charge in [0, 0.05) is 0 Å². The standard InChI is InChI=1S/C17H17N5O7/c18-16-20-13-10(14(25)21-16)19-7-22(13)15-12(24)11(23)9(29-15)6-27-17(26)28-8-4-2-1-3-5-8/h1-5,7,9,11-12,15,23-24H,6H2,(H3,18,20,21,25). The highest BCUT2D eigenvalue weighted by Gasteiger charge is 2.45. The van der Waals surface area contributed by atoms with E-state index in [4.69, 9.17) is 19.9 Å². The van der Waals surface area contributed by atoms with Gasteiger partial charge >= 0.3 is 6.16 Å². The van der Waals surface area contributed by atoms with E-state index in [1.807, 2.05) is 0 Å². The predicted molar refractivity (Wildman–Crippen MR) is 96.9 cm³/mol. The number of rotatable bonds is 4. The molecule has 1 aliphatic heterocycles. The zero-order valence-electron chi connectivity index (χ0n) is 14.8. The first-order chi connectivity index (χ1) is 13.9. The maximum Gasteiger partial charge on any atom is 0.513 e. The number of imidazole rings is 1. The molecular formula is C17H17N5O7. The number of aliphatic hydroxyl groups excluding tert-OH is 2. The van der Waals surface area contributed by atoms with E-state index in [0.29, 0.717) is 5.75 Å². The zero-order chi connectivity index (χ0) is 20.5. The summed E-state index contributed by atoms with van der Waals surface area (Å²) in [4.78, 5) is 33.9. The van der Waals surface area contributed by atoms with Gasteiger partial charge < -0.3 is 30.2 Å². The van der Waals surface area contributed by atoms with Gasteiger partial charge in [-0.15, -0.1) is 0 Å². The quantitative estimate of drug-likeness (QED) is 0.329. The molecule has 4 atom stereocenters. The van der Waals surface area contributed by atoms with Gasteiger partial charge in [0.1, 0.15) is 30.7 Å². The number of hydrogen-bond acceptors (Lipinski definition) is 10. The highest BCUT2D eigenvalue weighted by molar-refractivity contribution is 5.70. The topological polar surface area (TPSA) is 175 Å². The molecule has 0 aliphatic carbocycles. The fraction of sp³-hybridized carbons (Fsp3) is 0.294. The minimum Gasteiger partial charge on any atom is -0.431 e. The molecular weight excluding hydrogens is 386 g/mol. The van der Waals surface area contributed by atoms with E-state index in [1.165, 1.54) is 10.9 Å². The van der Waals surface area contributed by atoms with E-state index >= 15 is 0 Å². The fourth-order valence-electron chi connectivity index (χ4n) is 2.99. The van der Waals surface area contributed by atoms with Gasteiger partial charge in [0.15, 0.2) is 17.4 Å². The predicted octanol–water partition coefficient (Wildman–Crippen LogP) is -0.463. The van der Waals surface area contributed by atoms with Gasteiger partial charge in [0.05, 0.1) is 6.33 Å². The Morgan fingerprint density at radius 2 is 2.03 bits per heavy atom. The van der Waals surface area contributed by atoms with Crippen molar-refractivity contribution in [3.63, 3.8) is 0 Å². The number of fused-ring (bicyclic) bond motifs is 1. The Morgan fingerprint density at radius 3 is 2.79 bits per heavy atom. The Labute approximate surface area is 162 Å². The first kappa shape index (κ1) is 18.9. The summed E-state index contributed by atoms with van der Waals surface area (Å²) < 4.78 is 16.8. The van der Waals surface area contributed by atoms with Crippen LogP contribution in [0, 0.1) is 0 Å². The van der Waals surface area contributed by atoms with Crippen molar-refractivity contribution >= 4 is 23.3 Å². The van der Waals surface area contributed by atoms with Gasteiger partial charge in [0.2, 0.25) is 5.95 Å². The van der Waals surface area contributed by atoms with Gasteiger partial charge in [-0.1, -0.05) is 18.2 Å². The van der Waals surface area contributed by atoms with Crippen LogP contribution >= 0.6 is 0 Å². The zero-order valence-corrected chi connectivity index (χ0v) is 14.8. The minimum absolute atomic E-state index is 0.00405. The van der Waals surface area contributed by atoms with Crippen LogP contribution in [0.5, 0.6) is 5.75 Å². The van der Waals surface area contributed by atoms with Crippen LogP contribution in [0.25, 0.3) is 11.2 Å². The van der Waals surface area contributed by atoms with Crippen molar-refractivity contribution in [2.24, 2.45) is 0 Å². The van der Waals surface area contributed by atoms with Gasteiger partial charge in [0.25, 0.3) is 5.56 Å². The summed E-state index contributed by atoms with van der Waals surface area (Å²) in [5.74, 6) is 0.155. The van der Waals surface area contributed by atoms with Crippen molar-refractivity contribution < 1.29 is 29.2 Å². The number of carbonyl (C=O) groups is 1. The number of para-hydroxylation sites is 1. The van der Waals surface area contributed by atoms with Crippen LogP contribution in [0.15, 0.2) is 41.5 Å². The highest BCUT2D eigenvalue weighted by Crippen LogP contribution is 2.31. The lowest BCUT2D eigenvalue weighted by Crippen LogP contribution is -2.34. The van der Waals surface area contributed by atoms with Gasteiger partial charge in [-0.05, 0) is 12.1 Å². The van der Waals surface area contributed by atoms with Crippen LogP contribution in [-0.2, 0) is 9.47 Å². The normalized spacial score (nSPS) is 23.9. The second-order valence-electron chi connectivity index (χ2n) is 6.30. The van der Waals surface area contributed by atoms with E-state index in [2.05, 4.69) is 15.0 Å². The van der Waals surface area contributed by atoms with E-state index < -0.39 is 36.3 Å². The Morgan fingerprint density at radius 1 is 1.28 bits per heavy atom. The second kappa shape index (κ2) is 7.50. The molecule has 1 aromatic carbocycles. The summed E-state index contributed by atoms with van der Waals surface area (Å²) in [7, 11) is 0.